The van der Waals surface area contributed by atoms with E-state index in [-0.39, 0.29) is 10.6 Å². The quantitative estimate of drug-likeness (QED) is 0.856. The highest BCUT2D eigenvalue weighted by Crippen LogP contribution is 2.29. The summed E-state index contributed by atoms with van der Waals surface area (Å²) < 4.78 is 3.30. The number of hydrogen-bond acceptors (Lipinski definition) is 4. The van der Waals surface area contributed by atoms with E-state index in [4.69, 9.17) is 11.6 Å². The SMILES string of the molecule is Cn1ncc(N2CCCC2Cn2ccnc2)c(Cl)c1=O. The van der Waals surface area contributed by atoms with Gasteiger partial charge in [0.05, 0.1) is 18.2 Å². The third-order valence-corrected chi connectivity index (χ3v) is 4.08. The lowest BCUT2D eigenvalue weighted by atomic mass is 10.2. The van der Waals surface area contributed by atoms with Crippen LogP contribution in [-0.2, 0) is 13.6 Å². The highest BCUT2D eigenvalue weighted by atomic mass is 35.5. The molecule has 3 heterocycles. The van der Waals surface area contributed by atoms with Crippen LogP contribution < -0.4 is 10.5 Å². The number of imidazole rings is 1. The van der Waals surface area contributed by atoms with E-state index in [1.165, 1.54) is 4.68 Å². The number of anilines is 1. The second kappa shape index (κ2) is 5.28. The minimum atomic E-state index is -0.252. The first-order chi connectivity index (χ1) is 9.66. The van der Waals surface area contributed by atoms with Gasteiger partial charge in [-0.15, -0.1) is 0 Å². The van der Waals surface area contributed by atoms with Crippen molar-refractivity contribution in [3.63, 3.8) is 0 Å². The van der Waals surface area contributed by atoms with Gasteiger partial charge in [-0.2, -0.15) is 5.10 Å². The summed E-state index contributed by atoms with van der Waals surface area (Å²) in [6.07, 6.45) is 9.36. The van der Waals surface area contributed by atoms with Gasteiger partial charge >= 0.3 is 0 Å². The maximum atomic E-state index is 11.9. The molecule has 1 atom stereocenters. The van der Waals surface area contributed by atoms with Crippen LogP contribution >= 0.6 is 11.6 Å². The van der Waals surface area contributed by atoms with Crippen LogP contribution in [0.25, 0.3) is 0 Å². The molecule has 0 saturated carbocycles. The zero-order valence-electron chi connectivity index (χ0n) is 11.2. The molecular formula is C13H16ClN5O. The fraction of sp³-hybridized carbons (Fsp3) is 0.462. The first-order valence-corrected chi connectivity index (χ1v) is 6.99. The van der Waals surface area contributed by atoms with Gasteiger partial charge in [-0.05, 0) is 12.8 Å². The molecule has 20 heavy (non-hydrogen) atoms. The fourth-order valence-corrected chi connectivity index (χ4v) is 2.96. The standard InChI is InChI=1S/C13H16ClN5O/c1-17-13(20)12(14)11(7-16-17)19-5-2-3-10(19)8-18-6-4-15-9-18/h4,6-7,9-10H,2-3,5,8H2,1H3. The summed E-state index contributed by atoms with van der Waals surface area (Å²) in [6, 6.07) is 0.315. The molecule has 0 N–H and O–H groups in total. The van der Waals surface area contributed by atoms with Crippen molar-refractivity contribution in [1.29, 1.82) is 0 Å². The number of rotatable bonds is 3. The Balaban J connectivity index is 1.89. The molecule has 0 spiro atoms. The third-order valence-electron chi connectivity index (χ3n) is 3.73. The van der Waals surface area contributed by atoms with Crippen LogP contribution in [0.15, 0.2) is 29.7 Å². The van der Waals surface area contributed by atoms with Gasteiger partial charge in [0.25, 0.3) is 5.56 Å². The Labute approximate surface area is 121 Å². The van der Waals surface area contributed by atoms with E-state index < -0.39 is 0 Å². The Kier molecular flexibility index (Phi) is 3.48. The molecule has 1 saturated heterocycles. The van der Waals surface area contributed by atoms with Crippen LogP contribution in [0.3, 0.4) is 0 Å². The number of aromatic nitrogens is 4. The number of aryl methyl sites for hydroxylation is 1. The molecule has 2 aromatic rings. The summed E-state index contributed by atoms with van der Waals surface area (Å²) >= 11 is 6.19. The molecular weight excluding hydrogens is 278 g/mol. The first kappa shape index (κ1) is 13.2. The first-order valence-electron chi connectivity index (χ1n) is 6.61. The zero-order valence-corrected chi connectivity index (χ0v) is 12.0. The van der Waals surface area contributed by atoms with E-state index in [0.29, 0.717) is 6.04 Å². The van der Waals surface area contributed by atoms with E-state index in [1.54, 1.807) is 25.8 Å². The lowest BCUT2D eigenvalue weighted by Gasteiger charge is -2.27. The zero-order chi connectivity index (χ0) is 14.1. The second-order valence-corrected chi connectivity index (χ2v) is 5.40. The Hall–Kier alpha value is -1.82. The maximum Gasteiger partial charge on any atom is 0.287 e. The summed E-state index contributed by atoms with van der Waals surface area (Å²) in [6.45, 7) is 1.74. The van der Waals surface area contributed by atoms with Gasteiger partial charge in [0.15, 0.2) is 0 Å². The highest BCUT2D eigenvalue weighted by Gasteiger charge is 2.27. The monoisotopic (exact) mass is 293 g/mol. The van der Waals surface area contributed by atoms with Crippen LogP contribution in [0.2, 0.25) is 5.02 Å². The van der Waals surface area contributed by atoms with E-state index in [0.717, 1.165) is 31.6 Å². The Morgan fingerprint density at radius 3 is 3.10 bits per heavy atom. The molecule has 0 aromatic carbocycles. The lowest BCUT2D eigenvalue weighted by molar-refractivity contribution is 0.548. The van der Waals surface area contributed by atoms with Crippen molar-refractivity contribution < 1.29 is 0 Å². The topological polar surface area (TPSA) is 56.0 Å². The molecule has 0 amide bonds. The number of nitrogens with zero attached hydrogens (tertiary/aromatic N) is 5. The summed E-state index contributed by atoms with van der Waals surface area (Å²) in [5.41, 5.74) is 0.481. The molecule has 7 heteroatoms. The molecule has 6 nitrogen and oxygen atoms in total. The van der Waals surface area contributed by atoms with E-state index in [2.05, 4.69) is 15.0 Å². The molecule has 1 unspecified atom stereocenters. The molecule has 0 bridgehead atoms. The van der Waals surface area contributed by atoms with Crippen LogP contribution in [-0.4, -0.2) is 31.9 Å². The van der Waals surface area contributed by atoms with Crippen molar-refractivity contribution >= 4 is 17.3 Å². The van der Waals surface area contributed by atoms with Gasteiger partial charge in [-0.1, -0.05) is 11.6 Å². The average molecular weight is 294 g/mol. The van der Waals surface area contributed by atoms with Crippen LogP contribution in [0.1, 0.15) is 12.8 Å². The number of hydrogen-bond donors (Lipinski definition) is 0. The highest BCUT2D eigenvalue weighted by molar-refractivity contribution is 6.33. The molecule has 1 aliphatic rings. The van der Waals surface area contributed by atoms with E-state index in [1.807, 2.05) is 10.8 Å². The average Bonchev–Trinajstić information content (AvgIpc) is 3.09. The van der Waals surface area contributed by atoms with Gasteiger partial charge in [0.2, 0.25) is 0 Å². The summed E-state index contributed by atoms with van der Waals surface area (Å²) in [4.78, 5) is 18.1. The normalized spacial score (nSPS) is 18.7. The van der Waals surface area contributed by atoms with Crippen molar-refractivity contribution in [2.45, 2.75) is 25.4 Å². The fourth-order valence-electron chi connectivity index (χ4n) is 2.68. The van der Waals surface area contributed by atoms with E-state index >= 15 is 0 Å². The van der Waals surface area contributed by atoms with Gasteiger partial charge in [0, 0.05) is 38.6 Å². The Bertz CT molecular complexity index is 651. The van der Waals surface area contributed by atoms with E-state index in [9.17, 15) is 4.79 Å². The van der Waals surface area contributed by atoms with Crippen molar-refractivity contribution in [3.05, 3.63) is 40.3 Å². The molecule has 2 aromatic heterocycles. The van der Waals surface area contributed by atoms with Gasteiger partial charge in [-0.3, -0.25) is 4.79 Å². The molecule has 0 radical (unpaired) electrons. The summed E-state index contributed by atoms with van der Waals surface area (Å²) in [7, 11) is 1.60. The minimum absolute atomic E-state index is 0.250. The van der Waals surface area contributed by atoms with Crippen LogP contribution in [0, 0.1) is 0 Å². The van der Waals surface area contributed by atoms with Crippen LogP contribution in [0.5, 0.6) is 0 Å². The Morgan fingerprint density at radius 1 is 1.50 bits per heavy atom. The van der Waals surface area contributed by atoms with Gasteiger partial charge < -0.3 is 9.47 Å². The molecule has 0 aliphatic carbocycles. The molecule has 3 rings (SSSR count). The largest absolute Gasteiger partial charge is 0.364 e. The number of halogens is 1. The van der Waals surface area contributed by atoms with Crippen molar-refractivity contribution in [2.75, 3.05) is 11.4 Å². The molecule has 1 aliphatic heterocycles. The second-order valence-electron chi connectivity index (χ2n) is 5.02. The smallest absolute Gasteiger partial charge is 0.287 e. The van der Waals surface area contributed by atoms with Crippen LogP contribution in [0.4, 0.5) is 5.69 Å². The lowest BCUT2D eigenvalue weighted by Crippen LogP contribution is -2.35. The van der Waals surface area contributed by atoms with Gasteiger partial charge in [-0.25, -0.2) is 9.67 Å². The predicted molar refractivity (Wildman–Crippen MR) is 77.1 cm³/mol. The molecule has 1 fully saturated rings. The molecule has 106 valence electrons. The Morgan fingerprint density at radius 2 is 2.35 bits per heavy atom. The summed E-state index contributed by atoms with van der Waals surface area (Å²) in [5.74, 6) is 0. The summed E-state index contributed by atoms with van der Waals surface area (Å²) in [5, 5.41) is 4.32. The third kappa shape index (κ3) is 2.31. The minimum Gasteiger partial charge on any atom is -0.364 e. The van der Waals surface area contributed by atoms with Crippen molar-refractivity contribution in [2.24, 2.45) is 7.05 Å². The van der Waals surface area contributed by atoms with Crippen molar-refractivity contribution in [3.8, 4) is 0 Å². The maximum absolute atomic E-state index is 11.9. The van der Waals surface area contributed by atoms with Crippen molar-refractivity contribution in [1.82, 2.24) is 19.3 Å². The van der Waals surface area contributed by atoms with Gasteiger partial charge in [0.1, 0.15) is 5.02 Å². The predicted octanol–water partition coefficient (Wildman–Crippen LogP) is 1.30.